The van der Waals surface area contributed by atoms with Crippen molar-refractivity contribution in [1.82, 2.24) is 0 Å². The van der Waals surface area contributed by atoms with Gasteiger partial charge < -0.3 is 10.4 Å². The summed E-state index contributed by atoms with van der Waals surface area (Å²) in [6.07, 6.45) is 2.94. The Morgan fingerprint density at radius 2 is 1.72 bits per heavy atom. The average Bonchev–Trinajstić information content (AvgIpc) is 2.86. The molecule has 2 aromatic rings. The maximum absolute atomic E-state index is 11.7. The summed E-state index contributed by atoms with van der Waals surface area (Å²) in [5.41, 5.74) is 5.46. The molecule has 2 aromatic carbocycles. The topological polar surface area (TPSA) is 101 Å². The smallest absolute Gasteiger partial charge is 0.307 e. The number of allylic oxidation sites excluding steroid dienone is 2. The normalized spacial score (nSPS) is 14.8. The van der Waals surface area contributed by atoms with Gasteiger partial charge in [-0.3, -0.25) is 9.59 Å². The van der Waals surface area contributed by atoms with Gasteiger partial charge in [0.15, 0.2) is 9.84 Å². The molecule has 1 aliphatic rings. The van der Waals surface area contributed by atoms with E-state index in [2.05, 4.69) is 5.32 Å². The van der Waals surface area contributed by atoms with E-state index in [4.69, 9.17) is 0 Å². The van der Waals surface area contributed by atoms with E-state index in [1.54, 1.807) is 36.4 Å². The summed E-state index contributed by atoms with van der Waals surface area (Å²) in [5.74, 6) is -1.14. The van der Waals surface area contributed by atoms with E-state index in [0.717, 1.165) is 34.1 Å². The average molecular weight is 411 g/mol. The molecule has 6 nitrogen and oxygen atoms in total. The first-order valence-electron chi connectivity index (χ1n) is 8.92. The van der Waals surface area contributed by atoms with Crippen LogP contribution in [0.2, 0.25) is 0 Å². The second-order valence-corrected chi connectivity index (χ2v) is 9.03. The fourth-order valence-corrected chi connectivity index (χ4v) is 4.05. The van der Waals surface area contributed by atoms with Crippen molar-refractivity contribution >= 4 is 44.6 Å². The number of benzene rings is 2. The molecule has 3 rings (SSSR count). The number of nitrogens with one attached hydrogen (secondary N) is 1. The summed E-state index contributed by atoms with van der Waals surface area (Å²) >= 11 is 0. The number of carboxylic acids is 1. The van der Waals surface area contributed by atoms with Crippen LogP contribution in [0.15, 0.2) is 52.9 Å². The molecule has 0 unspecified atom stereocenters. The lowest BCUT2D eigenvalue weighted by atomic mass is 10.00. The van der Waals surface area contributed by atoms with Crippen LogP contribution in [0, 0.1) is 0 Å². The number of fused-ring (bicyclic) bond motifs is 1. The zero-order valence-corrected chi connectivity index (χ0v) is 17.1. The van der Waals surface area contributed by atoms with Crippen molar-refractivity contribution in [1.29, 1.82) is 0 Å². The molecule has 0 aliphatic heterocycles. The minimum Gasteiger partial charge on any atom is -0.481 e. The summed E-state index contributed by atoms with van der Waals surface area (Å²) in [6.45, 7) is 3.28. The maximum Gasteiger partial charge on any atom is 0.307 e. The monoisotopic (exact) mass is 411 g/mol. The van der Waals surface area contributed by atoms with Crippen LogP contribution < -0.4 is 5.32 Å². The van der Waals surface area contributed by atoms with Crippen molar-refractivity contribution in [2.75, 3.05) is 11.6 Å². The standard InChI is InChI=1S/C22H21NO5S/c1-13-19(10-15-4-7-17(8-5-15)29(3,27)28)18-9-6-16(23-14(2)24)11-21(18)20(13)12-22(25)26/h4-11H,12H2,1-3H3,(H,23,24)(H,25,26). The fourth-order valence-electron chi connectivity index (χ4n) is 3.42. The number of hydrogen-bond acceptors (Lipinski definition) is 4. The summed E-state index contributed by atoms with van der Waals surface area (Å²) in [7, 11) is -3.27. The van der Waals surface area contributed by atoms with Gasteiger partial charge in [-0.05, 0) is 70.7 Å². The molecule has 2 N–H and O–H groups in total. The highest BCUT2D eigenvalue weighted by atomic mass is 32.2. The zero-order chi connectivity index (χ0) is 21.3. The molecule has 1 aliphatic carbocycles. The van der Waals surface area contributed by atoms with Crippen molar-refractivity contribution in [2.45, 2.75) is 25.2 Å². The van der Waals surface area contributed by atoms with E-state index < -0.39 is 15.8 Å². The molecule has 150 valence electrons. The van der Waals surface area contributed by atoms with Crippen molar-refractivity contribution in [3.63, 3.8) is 0 Å². The molecule has 0 saturated heterocycles. The minimum absolute atomic E-state index is 0.132. The van der Waals surface area contributed by atoms with Gasteiger partial charge in [0, 0.05) is 18.9 Å². The number of carbonyl (C=O) groups is 2. The Bertz CT molecular complexity index is 1170. The summed E-state index contributed by atoms with van der Waals surface area (Å²) < 4.78 is 23.3. The van der Waals surface area contributed by atoms with Crippen LogP contribution in [0.1, 0.15) is 37.0 Å². The Labute approximate surface area is 169 Å². The summed E-state index contributed by atoms with van der Waals surface area (Å²) in [4.78, 5) is 23.0. The number of sulfone groups is 1. The molecule has 0 aromatic heterocycles. The lowest BCUT2D eigenvalue weighted by Crippen LogP contribution is -2.06. The molecular weight excluding hydrogens is 390 g/mol. The molecule has 0 radical (unpaired) electrons. The Kier molecular flexibility index (Phi) is 5.44. The van der Waals surface area contributed by atoms with Gasteiger partial charge >= 0.3 is 5.97 Å². The molecule has 0 saturated carbocycles. The lowest BCUT2D eigenvalue weighted by Gasteiger charge is -2.08. The van der Waals surface area contributed by atoms with Crippen molar-refractivity contribution in [3.05, 3.63) is 64.7 Å². The summed E-state index contributed by atoms with van der Waals surface area (Å²) in [6, 6.07) is 12.0. The third-order valence-corrected chi connectivity index (χ3v) is 5.89. The predicted octanol–water partition coefficient (Wildman–Crippen LogP) is 3.85. The second-order valence-electron chi connectivity index (χ2n) is 7.01. The first kappa shape index (κ1) is 20.5. The third kappa shape index (κ3) is 4.46. The quantitative estimate of drug-likeness (QED) is 0.778. The van der Waals surface area contributed by atoms with Gasteiger partial charge in [0.25, 0.3) is 0 Å². The molecule has 0 atom stereocenters. The number of rotatable bonds is 5. The van der Waals surface area contributed by atoms with Crippen LogP contribution in [-0.2, 0) is 19.4 Å². The fraction of sp³-hybridized carbons (Fsp3) is 0.182. The van der Waals surface area contributed by atoms with Crippen LogP contribution in [0.5, 0.6) is 0 Å². The van der Waals surface area contributed by atoms with E-state index >= 15 is 0 Å². The molecular formula is C22H21NO5S. The van der Waals surface area contributed by atoms with E-state index in [1.807, 2.05) is 19.1 Å². The van der Waals surface area contributed by atoms with Crippen molar-refractivity contribution in [2.24, 2.45) is 0 Å². The molecule has 1 amide bonds. The predicted molar refractivity (Wildman–Crippen MR) is 113 cm³/mol. The molecule has 0 fully saturated rings. The van der Waals surface area contributed by atoms with Gasteiger partial charge in [0.05, 0.1) is 11.3 Å². The van der Waals surface area contributed by atoms with E-state index in [1.165, 1.54) is 6.92 Å². The number of carboxylic acid groups (broad SMARTS) is 1. The Morgan fingerprint density at radius 1 is 1.07 bits per heavy atom. The third-order valence-electron chi connectivity index (χ3n) is 4.76. The number of carbonyl (C=O) groups excluding carboxylic acids is 1. The van der Waals surface area contributed by atoms with Crippen LogP contribution in [0.3, 0.4) is 0 Å². The van der Waals surface area contributed by atoms with Gasteiger partial charge in [-0.2, -0.15) is 0 Å². The largest absolute Gasteiger partial charge is 0.481 e. The highest BCUT2D eigenvalue weighted by Gasteiger charge is 2.25. The van der Waals surface area contributed by atoms with Crippen molar-refractivity contribution < 1.29 is 23.1 Å². The first-order valence-corrected chi connectivity index (χ1v) is 10.8. The van der Waals surface area contributed by atoms with E-state index in [9.17, 15) is 23.1 Å². The van der Waals surface area contributed by atoms with Gasteiger partial charge in [-0.1, -0.05) is 18.2 Å². The van der Waals surface area contributed by atoms with Gasteiger partial charge in [0.1, 0.15) is 0 Å². The zero-order valence-electron chi connectivity index (χ0n) is 16.3. The first-order chi connectivity index (χ1) is 13.6. The minimum atomic E-state index is -3.27. The number of aliphatic carboxylic acids is 1. The molecule has 0 spiro atoms. The van der Waals surface area contributed by atoms with Gasteiger partial charge in [0.2, 0.25) is 5.91 Å². The Balaban J connectivity index is 2.10. The Hall–Kier alpha value is -3.19. The molecule has 29 heavy (non-hydrogen) atoms. The van der Waals surface area contributed by atoms with Gasteiger partial charge in [-0.25, -0.2) is 8.42 Å². The van der Waals surface area contributed by atoms with E-state index in [0.29, 0.717) is 11.3 Å². The SMILES string of the molecule is CC(=O)Nc1ccc2c(c1)C(CC(=O)O)=C(C)C2=Cc1ccc(S(C)(=O)=O)cc1. The van der Waals surface area contributed by atoms with Crippen LogP contribution >= 0.6 is 0 Å². The molecule has 7 heteroatoms. The number of anilines is 1. The van der Waals surface area contributed by atoms with Gasteiger partial charge in [-0.15, -0.1) is 0 Å². The molecule has 0 bridgehead atoms. The highest BCUT2D eigenvalue weighted by Crippen LogP contribution is 2.44. The second kappa shape index (κ2) is 7.67. The highest BCUT2D eigenvalue weighted by molar-refractivity contribution is 7.90. The Morgan fingerprint density at radius 3 is 2.28 bits per heavy atom. The van der Waals surface area contributed by atoms with Crippen LogP contribution in [0.25, 0.3) is 17.2 Å². The number of amides is 1. The van der Waals surface area contributed by atoms with Crippen LogP contribution in [0.4, 0.5) is 5.69 Å². The summed E-state index contributed by atoms with van der Waals surface area (Å²) in [5, 5.41) is 12.1. The van der Waals surface area contributed by atoms with Crippen molar-refractivity contribution in [3.8, 4) is 0 Å². The molecule has 0 heterocycles. The van der Waals surface area contributed by atoms with E-state index in [-0.39, 0.29) is 17.2 Å². The maximum atomic E-state index is 11.7. The van der Waals surface area contributed by atoms with Crippen LogP contribution in [-0.4, -0.2) is 31.7 Å². The lowest BCUT2D eigenvalue weighted by molar-refractivity contribution is -0.135. The number of hydrogen-bond donors (Lipinski definition) is 2.